The van der Waals surface area contributed by atoms with Gasteiger partial charge in [0, 0.05) is 25.3 Å². The Hall–Kier alpha value is -1.26. The van der Waals surface area contributed by atoms with Crippen molar-refractivity contribution in [2.75, 3.05) is 27.4 Å². The molecule has 0 aliphatic carbocycles. The van der Waals surface area contributed by atoms with Crippen molar-refractivity contribution in [2.45, 2.75) is 32.9 Å². The molecule has 0 spiro atoms. The smallest absolute Gasteiger partial charge is 0.128 e. The summed E-state index contributed by atoms with van der Waals surface area (Å²) in [6.45, 7) is 6.14. The van der Waals surface area contributed by atoms with Crippen molar-refractivity contribution in [1.29, 1.82) is 0 Å². The Morgan fingerprint density at radius 2 is 2.11 bits per heavy atom. The molecule has 0 amide bonds. The van der Waals surface area contributed by atoms with Crippen molar-refractivity contribution in [1.82, 2.24) is 5.32 Å². The Morgan fingerprint density at radius 1 is 1.32 bits per heavy atom. The van der Waals surface area contributed by atoms with E-state index >= 15 is 0 Å². The summed E-state index contributed by atoms with van der Waals surface area (Å²) in [5, 5.41) is 3.14. The van der Waals surface area contributed by atoms with Crippen LogP contribution in [0.2, 0.25) is 0 Å². The van der Waals surface area contributed by atoms with Gasteiger partial charge in [0.1, 0.15) is 17.6 Å². The summed E-state index contributed by atoms with van der Waals surface area (Å²) < 4.78 is 16.7. The minimum absolute atomic E-state index is 0.0158. The minimum atomic E-state index is 0.0158. The minimum Gasteiger partial charge on any atom is -0.493 e. The molecule has 0 heterocycles. The van der Waals surface area contributed by atoms with E-state index in [0.29, 0.717) is 6.61 Å². The molecule has 4 heteroatoms. The molecule has 0 radical (unpaired) electrons. The molecule has 1 unspecified atom stereocenters. The van der Waals surface area contributed by atoms with E-state index in [0.717, 1.165) is 36.6 Å². The number of rotatable bonds is 9. The molecule has 0 aromatic heterocycles. The normalized spacial score (nSPS) is 12.2. The van der Waals surface area contributed by atoms with Gasteiger partial charge in [0.2, 0.25) is 0 Å². The number of ether oxygens (including phenoxy) is 3. The second kappa shape index (κ2) is 8.77. The summed E-state index contributed by atoms with van der Waals surface area (Å²) in [5.74, 6) is 1.70. The molecule has 0 fully saturated rings. The van der Waals surface area contributed by atoms with Gasteiger partial charge in [-0.1, -0.05) is 13.0 Å². The van der Waals surface area contributed by atoms with Crippen LogP contribution in [-0.2, 0) is 11.3 Å². The standard InChI is InChI=1S/C15H25NO3/c1-5-8-18-14-7-6-13(10-16-3)15(9-14)19-12(2)11-17-4/h6-7,9,12,16H,5,8,10-11H2,1-4H3. The number of methoxy groups -OCH3 is 1. The summed E-state index contributed by atoms with van der Waals surface area (Å²) in [4.78, 5) is 0. The highest BCUT2D eigenvalue weighted by Gasteiger charge is 2.09. The van der Waals surface area contributed by atoms with Crippen molar-refractivity contribution < 1.29 is 14.2 Å². The van der Waals surface area contributed by atoms with Gasteiger partial charge in [-0.3, -0.25) is 0 Å². The highest BCUT2D eigenvalue weighted by Crippen LogP contribution is 2.26. The van der Waals surface area contributed by atoms with Crippen LogP contribution in [0, 0.1) is 0 Å². The fourth-order valence-electron chi connectivity index (χ4n) is 1.78. The van der Waals surface area contributed by atoms with E-state index in [1.165, 1.54) is 0 Å². The Labute approximate surface area is 116 Å². The number of hydrogen-bond donors (Lipinski definition) is 1. The molecule has 1 aromatic rings. The maximum Gasteiger partial charge on any atom is 0.128 e. The van der Waals surface area contributed by atoms with Crippen LogP contribution in [0.5, 0.6) is 11.5 Å². The lowest BCUT2D eigenvalue weighted by Crippen LogP contribution is -2.19. The van der Waals surface area contributed by atoms with Gasteiger partial charge in [-0.15, -0.1) is 0 Å². The van der Waals surface area contributed by atoms with Gasteiger partial charge in [0.15, 0.2) is 0 Å². The highest BCUT2D eigenvalue weighted by molar-refractivity contribution is 5.41. The van der Waals surface area contributed by atoms with Crippen LogP contribution in [0.4, 0.5) is 0 Å². The van der Waals surface area contributed by atoms with Crippen molar-refractivity contribution in [3.05, 3.63) is 23.8 Å². The maximum atomic E-state index is 5.91. The van der Waals surface area contributed by atoms with Crippen molar-refractivity contribution in [3.63, 3.8) is 0 Å². The molecule has 4 nitrogen and oxygen atoms in total. The summed E-state index contributed by atoms with van der Waals surface area (Å²) in [6.07, 6.45) is 1.01. The van der Waals surface area contributed by atoms with Crippen LogP contribution in [0.1, 0.15) is 25.8 Å². The van der Waals surface area contributed by atoms with Crippen LogP contribution in [0.15, 0.2) is 18.2 Å². The van der Waals surface area contributed by atoms with E-state index in [9.17, 15) is 0 Å². The Balaban J connectivity index is 2.81. The van der Waals surface area contributed by atoms with E-state index in [1.807, 2.05) is 32.2 Å². The molecule has 1 aromatic carbocycles. The predicted molar refractivity (Wildman–Crippen MR) is 77.0 cm³/mol. The molecule has 1 rings (SSSR count). The molecule has 0 aliphatic heterocycles. The third kappa shape index (κ3) is 5.49. The first kappa shape index (κ1) is 15.8. The van der Waals surface area contributed by atoms with Gasteiger partial charge < -0.3 is 19.5 Å². The molecule has 0 saturated heterocycles. The van der Waals surface area contributed by atoms with Crippen molar-refractivity contribution in [3.8, 4) is 11.5 Å². The summed E-state index contributed by atoms with van der Waals surface area (Å²) in [5.41, 5.74) is 1.12. The van der Waals surface area contributed by atoms with Gasteiger partial charge in [0.05, 0.1) is 13.2 Å². The van der Waals surface area contributed by atoms with Crippen LogP contribution >= 0.6 is 0 Å². The average Bonchev–Trinajstić information content (AvgIpc) is 2.39. The van der Waals surface area contributed by atoms with Crippen LogP contribution in [0.3, 0.4) is 0 Å². The summed E-state index contributed by atoms with van der Waals surface area (Å²) in [6, 6.07) is 5.97. The van der Waals surface area contributed by atoms with E-state index in [1.54, 1.807) is 7.11 Å². The van der Waals surface area contributed by atoms with Crippen LogP contribution in [0.25, 0.3) is 0 Å². The summed E-state index contributed by atoms with van der Waals surface area (Å²) >= 11 is 0. The number of benzene rings is 1. The summed E-state index contributed by atoms with van der Waals surface area (Å²) in [7, 11) is 3.60. The molecule has 0 saturated carbocycles. The molecular weight excluding hydrogens is 242 g/mol. The van der Waals surface area contributed by atoms with Crippen LogP contribution < -0.4 is 14.8 Å². The monoisotopic (exact) mass is 267 g/mol. The zero-order valence-electron chi connectivity index (χ0n) is 12.4. The fraction of sp³-hybridized carbons (Fsp3) is 0.600. The zero-order valence-corrected chi connectivity index (χ0v) is 12.4. The van der Waals surface area contributed by atoms with Gasteiger partial charge in [-0.25, -0.2) is 0 Å². The Kier molecular flexibility index (Phi) is 7.30. The van der Waals surface area contributed by atoms with Gasteiger partial charge in [-0.05, 0) is 26.5 Å². The van der Waals surface area contributed by atoms with Gasteiger partial charge >= 0.3 is 0 Å². The second-order valence-electron chi connectivity index (χ2n) is 4.53. The van der Waals surface area contributed by atoms with Crippen LogP contribution in [-0.4, -0.2) is 33.5 Å². The Bertz CT molecular complexity index is 368. The molecule has 0 bridgehead atoms. The quantitative estimate of drug-likeness (QED) is 0.746. The molecule has 1 N–H and O–H groups in total. The SMILES string of the molecule is CCCOc1ccc(CNC)c(OC(C)COC)c1. The van der Waals surface area contributed by atoms with Crippen molar-refractivity contribution in [2.24, 2.45) is 0 Å². The zero-order chi connectivity index (χ0) is 14.1. The molecule has 1 atom stereocenters. The molecule has 19 heavy (non-hydrogen) atoms. The molecule has 108 valence electrons. The van der Waals surface area contributed by atoms with E-state index < -0.39 is 0 Å². The topological polar surface area (TPSA) is 39.7 Å². The van der Waals surface area contributed by atoms with Gasteiger partial charge in [-0.2, -0.15) is 0 Å². The average molecular weight is 267 g/mol. The highest BCUT2D eigenvalue weighted by atomic mass is 16.5. The number of hydrogen-bond acceptors (Lipinski definition) is 4. The first-order valence-corrected chi connectivity index (χ1v) is 6.77. The largest absolute Gasteiger partial charge is 0.493 e. The lowest BCUT2D eigenvalue weighted by Gasteiger charge is -2.18. The van der Waals surface area contributed by atoms with Gasteiger partial charge in [0.25, 0.3) is 0 Å². The predicted octanol–water partition coefficient (Wildman–Crippen LogP) is 2.61. The fourth-order valence-corrected chi connectivity index (χ4v) is 1.78. The first-order chi connectivity index (χ1) is 9.21. The Morgan fingerprint density at radius 3 is 2.74 bits per heavy atom. The van der Waals surface area contributed by atoms with E-state index in [2.05, 4.69) is 12.2 Å². The molecular formula is C15H25NO3. The second-order valence-corrected chi connectivity index (χ2v) is 4.53. The molecule has 0 aliphatic rings. The van der Waals surface area contributed by atoms with E-state index in [4.69, 9.17) is 14.2 Å². The third-order valence-corrected chi connectivity index (χ3v) is 2.61. The first-order valence-electron chi connectivity index (χ1n) is 6.77. The number of nitrogens with one attached hydrogen (secondary N) is 1. The lowest BCUT2D eigenvalue weighted by molar-refractivity contribution is 0.0911. The lowest BCUT2D eigenvalue weighted by atomic mass is 10.2. The van der Waals surface area contributed by atoms with Crippen molar-refractivity contribution >= 4 is 0 Å². The van der Waals surface area contributed by atoms with E-state index in [-0.39, 0.29) is 6.10 Å². The maximum absolute atomic E-state index is 5.91. The third-order valence-electron chi connectivity index (χ3n) is 2.61.